The summed E-state index contributed by atoms with van der Waals surface area (Å²) in [4.78, 5) is 6.62. The van der Waals surface area contributed by atoms with Gasteiger partial charge in [0.25, 0.3) is 0 Å². The second-order valence-corrected chi connectivity index (χ2v) is 7.45. The predicted molar refractivity (Wildman–Crippen MR) is 88.3 cm³/mol. The third-order valence-corrected chi connectivity index (χ3v) is 5.18. The Balaban J connectivity index is 2.01. The van der Waals surface area contributed by atoms with E-state index in [9.17, 15) is 0 Å². The van der Waals surface area contributed by atoms with Crippen molar-refractivity contribution in [1.29, 1.82) is 0 Å². The maximum absolute atomic E-state index is 6.29. The summed E-state index contributed by atoms with van der Waals surface area (Å²) >= 11 is 1.86. The monoisotopic (exact) mass is 295 g/mol. The molecule has 0 aromatic carbocycles. The third kappa shape index (κ3) is 3.82. The number of nitrogens with two attached hydrogens (primary N) is 1. The average molecular weight is 295 g/mol. The average Bonchev–Trinajstić information content (AvgIpc) is 2.77. The Kier molecular flexibility index (Phi) is 5.61. The van der Waals surface area contributed by atoms with Crippen molar-refractivity contribution in [2.75, 3.05) is 32.7 Å². The van der Waals surface area contributed by atoms with E-state index in [0.29, 0.717) is 6.04 Å². The highest BCUT2D eigenvalue weighted by Gasteiger charge is 2.29. The number of aryl methyl sites for hydroxylation is 1. The molecule has 1 saturated heterocycles. The van der Waals surface area contributed by atoms with Crippen molar-refractivity contribution in [2.24, 2.45) is 11.7 Å². The van der Waals surface area contributed by atoms with Gasteiger partial charge in [-0.25, -0.2) is 0 Å². The van der Waals surface area contributed by atoms with Gasteiger partial charge in [0.2, 0.25) is 0 Å². The van der Waals surface area contributed by atoms with Crippen LogP contribution in [0.5, 0.6) is 0 Å². The van der Waals surface area contributed by atoms with Crippen molar-refractivity contribution < 1.29 is 0 Å². The Bertz CT molecular complexity index is 406. The lowest BCUT2D eigenvalue weighted by molar-refractivity contribution is 0.0816. The summed E-state index contributed by atoms with van der Waals surface area (Å²) in [6.07, 6.45) is 0. The molecule has 2 unspecified atom stereocenters. The molecular formula is C16H29N3S. The quantitative estimate of drug-likeness (QED) is 0.906. The summed E-state index contributed by atoms with van der Waals surface area (Å²) in [6, 6.07) is 2.78. The lowest BCUT2D eigenvalue weighted by Gasteiger charge is -2.41. The maximum atomic E-state index is 6.29. The van der Waals surface area contributed by atoms with Gasteiger partial charge in [-0.05, 0) is 36.8 Å². The number of thiophene rings is 1. The molecule has 1 aromatic heterocycles. The van der Waals surface area contributed by atoms with E-state index in [1.54, 1.807) is 0 Å². The Morgan fingerprint density at radius 1 is 1.20 bits per heavy atom. The van der Waals surface area contributed by atoms with Gasteiger partial charge in [0.15, 0.2) is 0 Å². The highest BCUT2D eigenvalue weighted by atomic mass is 32.1. The minimum atomic E-state index is 0.184. The number of rotatable bonds is 5. The molecule has 0 spiro atoms. The topological polar surface area (TPSA) is 32.5 Å². The van der Waals surface area contributed by atoms with Gasteiger partial charge in [-0.15, -0.1) is 11.3 Å². The van der Waals surface area contributed by atoms with Crippen LogP contribution in [-0.2, 0) is 0 Å². The first-order valence-corrected chi connectivity index (χ1v) is 8.63. The fourth-order valence-electron chi connectivity index (χ4n) is 3.17. The molecule has 0 aliphatic carbocycles. The largest absolute Gasteiger partial charge is 0.326 e. The highest BCUT2D eigenvalue weighted by Crippen LogP contribution is 2.31. The molecular weight excluding hydrogens is 266 g/mol. The maximum Gasteiger partial charge on any atom is 0.0594 e. The van der Waals surface area contributed by atoms with Crippen LogP contribution in [0.4, 0.5) is 0 Å². The van der Waals surface area contributed by atoms with Crippen LogP contribution in [-0.4, -0.2) is 48.6 Å². The van der Waals surface area contributed by atoms with E-state index in [2.05, 4.69) is 48.9 Å². The van der Waals surface area contributed by atoms with Crippen molar-refractivity contribution in [2.45, 2.75) is 39.8 Å². The second kappa shape index (κ2) is 7.03. The SMILES string of the molecule is Cc1ccsc1C(C(C)N)N1CCN(CC(C)C)CC1. The van der Waals surface area contributed by atoms with E-state index in [1.807, 2.05) is 11.3 Å². The zero-order chi connectivity index (χ0) is 14.7. The minimum Gasteiger partial charge on any atom is -0.326 e. The van der Waals surface area contributed by atoms with Crippen molar-refractivity contribution in [1.82, 2.24) is 9.80 Å². The Labute approximate surface area is 127 Å². The molecule has 4 heteroatoms. The van der Waals surface area contributed by atoms with Crippen molar-refractivity contribution >= 4 is 11.3 Å². The molecule has 2 N–H and O–H groups in total. The van der Waals surface area contributed by atoms with E-state index >= 15 is 0 Å². The Hall–Kier alpha value is -0.420. The van der Waals surface area contributed by atoms with Crippen LogP contribution in [0.15, 0.2) is 11.4 Å². The summed E-state index contributed by atoms with van der Waals surface area (Å²) in [5.41, 5.74) is 7.69. The third-order valence-electron chi connectivity index (χ3n) is 4.09. The molecule has 1 aliphatic rings. The molecule has 1 fully saturated rings. The van der Waals surface area contributed by atoms with Gasteiger partial charge in [-0.3, -0.25) is 4.90 Å². The van der Waals surface area contributed by atoms with Crippen LogP contribution >= 0.6 is 11.3 Å². The highest BCUT2D eigenvalue weighted by molar-refractivity contribution is 7.10. The number of hydrogen-bond donors (Lipinski definition) is 1. The van der Waals surface area contributed by atoms with Crippen LogP contribution in [0.2, 0.25) is 0 Å². The molecule has 1 aromatic rings. The molecule has 1 aliphatic heterocycles. The first-order chi connectivity index (χ1) is 9.49. The first-order valence-electron chi connectivity index (χ1n) is 7.75. The first kappa shape index (κ1) is 16.0. The van der Waals surface area contributed by atoms with Crippen molar-refractivity contribution in [3.63, 3.8) is 0 Å². The Morgan fingerprint density at radius 2 is 1.85 bits per heavy atom. The van der Waals surface area contributed by atoms with Gasteiger partial charge in [-0.1, -0.05) is 13.8 Å². The van der Waals surface area contributed by atoms with Crippen LogP contribution in [0.3, 0.4) is 0 Å². The van der Waals surface area contributed by atoms with Crippen molar-refractivity contribution in [3.8, 4) is 0 Å². The van der Waals surface area contributed by atoms with E-state index in [4.69, 9.17) is 5.73 Å². The summed E-state index contributed by atoms with van der Waals surface area (Å²) in [5.74, 6) is 0.755. The summed E-state index contributed by atoms with van der Waals surface area (Å²) in [5, 5.41) is 2.19. The molecule has 114 valence electrons. The molecule has 20 heavy (non-hydrogen) atoms. The number of nitrogens with zero attached hydrogens (tertiary/aromatic N) is 2. The normalized spacial score (nSPS) is 21.3. The molecule has 0 radical (unpaired) electrons. The fourth-order valence-corrected chi connectivity index (χ4v) is 4.34. The zero-order valence-corrected chi connectivity index (χ0v) is 14.1. The van der Waals surface area contributed by atoms with Gasteiger partial charge < -0.3 is 10.6 Å². The zero-order valence-electron chi connectivity index (χ0n) is 13.3. The molecule has 3 nitrogen and oxygen atoms in total. The minimum absolute atomic E-state index is 0.184. The summed E-state index contributed by atoms with van der Waals surface area (Å²) in [7, 11) is 0. The summed E-state index contributed by atoms with van der Waals surface area (Å²) in [6.45, 7) is 14.8. The van der Waals surface area contributed by atoms with Crippen LogP contribution in [0, 0.1) is 12.8 Å². The molecule has 2 atom stereocenters. The van der Waals surface area contributed by atoms with E-state index in [1.165, 1.54) is 30.1 Å². The van der Waals surface area contributed by atoms with Crippen LogP contribution in [0.25, 0.3) is 0 Å². The second-order valence-electron chi connectivity index (χ2n) is 6.50. The van der Waals surface area contributed by atoms with Gasteiger partial charge in [-0.2, -0.15) is 0 Å². The summed E-state index contributed by atoms with van der Waals surface area (Å²) < 4.78 is 0. The molecule has 2 heterocycles. The van der Waals surface area contributed by atoms with Crippen LogP contribution < -0.4 is 5.73 Å². The lowest BCUT2D eigenvalue weighted by Crippen LogP contribution is -2.51. The lowest BCUT2D eigenvalue weighted by atomic mass is 10.0. The Morgan fingerprint density at radius 3 is 2.30 bits per heavy atom. The van der Waals surface area contributed by atoms with Gasteiger partial charge in [0, 0.05) is 43.6 Å². The molecule has 0 amide bonds. The van der Waals surface area contributed by atoms with Gasteiger partial charge in [0.05, 0.1) is 6.04 Å². The fraction of sp³-hybridized carbons (Fsp3) is 0.750. The predicted octanol–water partition coefficient (Wildman–Crippen LogP) is 2.72. The van der Waals surface area contributed by atoms with E-state index in [0.717, 1.165) is 19.0 Å². The standard InChI is InChI=1S/C16H29N3S/c1-12(2)11-18-6-8-19(9-7-18)15(14(4)17)16-13(3)5-10-20-16/h5,10,12,14-15H,6-9,11,17H2,1-4H3. The van der Waals surface area contributed by atoms with E-state index < -0.39 is 0 Å². The molecule has 0 saturated carbocycles. The number of piperazine rings is 1. The van der Waals surface area contributed by atoms with Crippen molar-refractivity contribution in [3.05, 3.63) is 21.9 Å². The smallest absolute Gasteiger partial charge is 0.0594 e. The van der Waals surface area contributed by atoms with E-state index in [-0.39, 0.29) is 6.04 Å². The number of hydrogen-bond acceptors (Lipinski definition) is 4. The van der Waals surface area contributed by atoms with Gasteiger partial charge >= 0.3 is 0 Å². The van der Waals surface area contributed by atoms with Crippen LogP contribution in [0.1, 0.15) is 37.3 Å². The van der Waals surface area contributed by atoms with Gasteiger partial charge in [0.1, 0.15) is 0 Å². The molecule has 0 bridgehead atoms. The molecule has 2 rings (SSSR count).